The molecule has 1 aromatic carbocycles. The van der Waals surface area contributed by atoms with Gasteiger partial charge in [0.2, 0.25) is 0 Å². The summed E-state index contributed by atoms with van der Waals surface area (Å²) in [5.41, 5.74) is -0.0979. The molecule has 2 amide bonds. The number of hydrogen-bond acceptors (Lipinski definition) is 4. The Morgan fingerprint density at radius 2 is 2.11 bits per heavy atom. The van der Waals surface area contributed by atoms with Crippen LogP contribution in [0.15, 0.2) is 23.0 Å². The molecule has 1 saturated carbocycles. The van der Waals surface area contributed by atoms with Crippen molar-refractivity contribution in [2.45, 2.75) is 31.8 Å². The summed E-state index contributed by atoms with van der Waals surface area (Å²) in [5, 5.41) is 12.9. The van der Waals surface area contributed by atoms with Crippen LogP contribution in [0.1, 0.15) is 44.8 Å². The Labute approximate surface area is 164 Å². The highest BCUT2D eigenvalue weighted by Crippen LogP contribution is 2.28. The number of pyridine rings is 1. The van der Waals surface area contributed by atoms with Crippen molar-refractivity contribution in [3.05, 3.63) is 61.8 Å². The average Bonchev–Trinajstić information content (AvgIpc) is 3.47. The first-order valence-electron chi connectivity index (χ1n) is 8.87. The summed E-state index contributed by atoms with van der Waals surface area (Å²) in [6.45, 7) is 0.407. The third-order valence-corrected chi connectivity index (χ3v) is 5.21. The molecule has 1 fully saturated rings. The molecule has 1 aliphatic heterocycles. The lowest BCUT2D eigenvalue weighted by Crippen LogP contribution is -2.40. The van der Waals surface area contributed by atoms with Gasteiger partial charge in [-0.15, -0.1) is 0 Å². The number of carbonyl (C=O) groups is 2. The number of aromatic nitrogens is 1. The highest BCUT2D eigenvalue weighted by molar-refractivity contribution is 6.30. The van der Waals surface area contributed by atoms with Gasteiger partial charge in [-0.05, 0) is 42.5 Å². The molecular formula is C19H17ClFN3O4. The molecule has 2 aromatic rings. The van der Waals surface area contributed by atoms with Gasteiger partial charge in [0.25, 0.3) is 17.4 Å². The molecule has 146 valence electrons. The summed E-state index contributed by atoms with van der Waals surface area (Å²) in [4.78, 5) is 41.3. The fourth-order valence-electron chi connectivity index (χ4n) is 3.30. The number of nitrogens with zero attached hydrogens (tertiary/aromatic N) is 1. The van der Waals surface area contributed by atoms with Crippen LogP contribution < -0.4 is 10.9 Å². The minimum absolute atomic E-state index is 0.0162. The molecule has 0 unspecified atom stereocenters. The summed E-state index contributed by atoms with van der Waals surface area (Å²) in [6.07, 6.45) is 2.04. The molecule has 0 spiro atoms. The van der Waals surface area contributed by atoms with Crippen LogP contribution in [0.5, 0.6) is 5.75 Å². The molecular weight excluding hydrogens is 389 g/mol. The normalized spacial score (nSPS) is 16.1. The highest BCUT2D eigenvalue weighted by Gasteiger charge is 2.34. The van der Waals surface area contributed by atoms with E-state index in [1.807, 2.05) is 0 Å². The Hall–Kier alpha value is -2.87. The Morgan fingerprint density at radius 3 is 2.79 bits per heavy atom. The number of hydrogen-bond donors (Lipinski definition) is 3. The van der Waals surface area contributed by atoms with E-state index in [4.69, 9.17) is 11.6 Å². The number of amides is 2. The molecule has 3 N–H and O–H groups in total. The predicted octanol–water partition coefficient (Wildman–Crippen LogP) is 1.96. The molecule has 0 saturated heterocycles. The fraction of sp³-hybridized carbons (Fsp3) is 0.316. The molecule has 7 nitrogen and oxygen atoms in total. The van der Waals surface area contributed by atoms with E-state index in [1.165, 1.54) is 23.1 Å². The monoisotopic (exact) mass is 405 g/mol. The topological polar surface area (TPSA) is 102 Å². The van der Waals surface area contributed by atoms with Gasteiger partial charge in [0.15, 0.2) is 5.75 Å². The second kappa shape index (κ2) is 6.94. The molecule has 4 rings (SSSR count). The number of aromatic amines is 1. The minimum atomic E-state index is -0.889. The van der Waals surface area contributed by atoms with Gasteiger partial charge < -0.3 is 20.3 Å². The van der Waals surface area contributed by atoms with Crippen molar-refractivity contribution in [2.24, 2.45) is 0 Å². The summed E-state index contributed by atoms with van der Waals surface area (Å²) < 4.78 is 13.3. The van der Waals surface area contributed by atoms with Crippen LogP contribution in [-0.2, 0) is 13.0 Å². The Kier molecular flexibility index (Phi) is 4.58. The number of aromatic hydroxyl groups is 1. The van der Waals surface area contributed by atoms with Crippen LogP contribution >= 0.6 is 11.6 Å². The number of H-pyrrole nitrogens is 1. The molecule has 2 aliphatic rings. The van der Waals surface area contributed by atoms with Gasteiger partial charge in [-0.3, -0.25) is 14.4 Å². The Balaban J connectivity index is 1.66. The first-order valence-corrected chi connectivity index (χ1v) is 9.25. The molecule has 0 radical (unpaired) electrons. The van der Waals surface area contributed by atoms with E-state index in [9.17, 15) is 23.9 Å². The molecule has 28 heavy (non-hydrogen) atoms. The first kappa shape index (κ1) is 18.5. The zero-order valence-corrected chi connectivity index (χ0v) is 15.5. The highest BCUT2D eigenvalue weighted by atomic mass is 35.5. The largest absolute Gasteiger partial charge is 0.502 e. The third kappa shape index (κ3) is 3.35. The molecule has 9 heteroatoms. The van der Waals surface area contributed by atoms with E-state index in [0.29, 0.717) is 11.1 Å². The Bertz CT molecular complexity index is 1050. The molecule has 0 atom stereocenters. The number of carbonyl (C=O) groups excluding carboxylic acids is 2. The molecule has 1 aliphatic carbocycles. The molecule has 0 bridgehead atoms. The van der Waals surface area contributed by atoms with E-state index in [2.05, 4.69) is 10.3 Å². The maximum absolute atomic E-state index is 13.3. The van der Waals surface area contributed by atoms with Crippen LogP contribution in [-0.4, -0.2) is 39.4 Å². The number of nitrogens with one attached hydrogen (secondary N) is 2. The Morgan fingerprint density at radius 1 is 1.36 bits per heavy atom. The van der Waals surface area contributed by atoms with Gasteiger partial charge >= 0.3 is 0 Å². The van der Waals surface area contributed by atoms with Gasteiger partial charge in [-0.2, -0.15) is 0 Å². The van der Waals surface area contributed by atoms with Crippen molar-refractivity contribution < 1.29 is 19.1 Å². The first-order chi connectivity index (χ1) is 13.3. The van der Waals surface area contributed by atoms with E-state index >= 15 is 0 Å². The van der Waals surface area contributed by atoms with Crippen molar-refractivity contribution in [1.29, 1.82) is 0 Å². The molecule has 1 aromatic heterocycles. The van der Waals surface area contributed by atoms with Crippen LogP contribution in [0.2, 0.25) is 5.02 Å². The summed E-state index contributed by atoms with van der Waals surface area (Å²) in [7, 11) is 0. The van der Waals surface area contributed by atoms with Crippen LogP contribution in [0.4, 0.5) is 4.39 Å². The van der Waals surface area contributed by atoms with Gasteiger partial charge in [-0.25, -0.2) is 4.39 Å². The lowest BCUT2D eigenvalue weighted by molar-refractivity contribution is 0.0722. The van der Waals surface area contributed by atoms with E-state index in [-0.39, 0.29) is 41.8 Å². The average molecular weight is 406 g/mol. The summed E-state index contributed by atoms with van der Waals surface area (Å²) >= 11 is 5.79. The second-order valence-corrected chi connectivity index (χ2v) is 7.41. The quantitative estimate of drug-likeness (QED) is 0.723. The smallest absolute Gasteiger partial charge is 0.291 e. The zero-order chi connectivity index (χ0) is 20.0. The van der Waals surface area contributed by atoms with Crippen LogP contribution in [0.25, 0.3) is 0 Å². The van der Waals surface area contributed by atoms with Crippen molar-refractivity contribution in [3.8, 4) is 5.75 Å². The fourth-order valence-corrected chi connectivity index (χ4v) is 3.51. The second-order valence-electron chi connectivity index (χ2n) is 7.00. The lowest BCUT2D eigenvalue weighted by atomic mass is 9.96. The van der Waals surface area contributed by atoms with E-state index in [1.54, 1.807) is 0 Å². The van der Waals surface area contributed by atoms with E-state index in [0.717, 1.165) is 12.8 Å². The maximum atomic E-state index is 13.3. The number of benzene rings is 1. The number of fused-ring (bicyclic) bond motifs is 1. The van der Waals surface area contributed by atoms with Gasteiger partial charge in [0.1, 0.15) is 11.5 Å². The summed E-state index contributed by atoms with van der Waals surface area (Å²) in [5.74, 6) is -2.28. The van der Waals surface area contributed by atoms with Crippen molar-refractivity contribution >= 4 is 23.4 Å². The number of rotatable bonds is 4. The minimum Gasteiger partial charge on any atom is -0.502 e. The van der Waals surface area contributed by atoms with Crippen LogP contribution in [0, 0.1) is 5.82 Å². The van der Waals surface area contributed by atoms with Gasteiger partial charge in [-0.1, -0.05) is 17.7 Å². The standard InChI is InChI=1S/C19H17ClFN3O4/c20-12-7-9(1-4-13(12)21)8-24-6-5-11-14(19(24)28)16(25)18(27)23-15(11)17(26)22-10-2-3-10/h1,4,7,10,25H,2-3,5-6,8H2,(H,22,26)(H,23,27). The van der Waals surface area contributed by atoms with Gasteiger partial charge in [0.05, 0.1) is 10.6 Å². The van der Waals surface area contributed by atoms with Crippen molar-refractivity contribution in [2.75, 3.05) is 6.54 Å². The molecule has 2 heterocycles. The van der Waals surface area contributed by atoms with Crippen molar-refractivity contribution in [1.82, 2.24) is 15.2 Å². The third-order valence-electron chi connectivity index (χ3n) is 4.92. The zero-order valence-electron chi connectivity index (χ0n) is 14.7. The van der Waals surface area contributed by atoms with Crippen molar-refractivity contribution in [3.63, 3.8) is 0 Å². The SMILES string of the molecule is O=C(NC1CC1)c1[nH]c(=O)c(O)c2c1CCN(Cc1ccc(F)c(Cl)c1)C2=O. The maximum Gasteiger partial charge on any atom is 0.291 e. The van der Waals surface area contributed by atoms with Crippen LogP contribution in [0.3, 0.4) is 0 Å². The lowest BCUT2D eigenvalue weighted by Gasteiger charge is -2.30. The summed E-state index contributed by atoms with van der Waals surface area (Å²) in [6, 6.07) is 4.23. The number of halogens is 2. The predicted molar refractivity (Wildman–Crippen MR) is 99.1 cm³/mol. The van der Waals surface area contributed by atoms with Gasteiger partial charge in [0, 0.05) is 19.1 Å². The van der Waals surface area contributed by atoms with E-state index < -0.39 is 28.9 Å².